The molecule has 0 radical (unpaired) electrons. The normalized spacial score (nSPS) is 18.4. The Kier molecular flexibility index (Phi) is 6.85. The van der Waals surface area contributed by atoms with Gasteiger partial charge in [0, 0.05) is 26.1 Å². The van der Waals surface area contributed by atoms with Crippen LogP contribution in [0.2, 0.25) is 0 Å². The summed E-state index contributed by atoms with van der Waals surface area (Å²) in [6.45, 7) is 7.27. The van der Waals surface area contributed by atoms with E-state index in [4.69, 9.17) is 9.15 Å². The van der Waals surface area contributed by atoms with Crippen LogP contribution in [0.4, 0.5) is 0 Å². The van der Waals surface area contributed by atoms with E-state index in [-0.39, 0.29) is 30.5 Å². The number of rotatable bonds is 8. The highest BCUT2D eigenvalue weighted by Crippen LogP contribution is 2.16. The molecule has 0 aliphatic carbocycles. The number of furan rings is 1. The molecular formula is C18H28N2O4. The fourth-order valence-electron chi connectivity index (χ4n) is 2.92. The average molecular weight is 336 g/mol. The first-order valence-corrected chi connectivity index (χ1v) is 8.70. The molecule has 1 saturated heterocycles. The first-order chi connectivity index (χ1) is 11.5. The van der Waals surface area contributed by atoms with Crippen molar-refractivity contribution < 1.29 is 18.7 Å². The molecule has 2 rings (SSSR count). The molecular weight excluding hydrogens is 308 g/mol. The summed E-state index contributed by atoms with van der Waals surface area (Å²) in [5.74, 6) is 0.587. The number of amides is 2. The van der Waals surface area contributed by atoms with Gasteiger partial charge in [-0.1, -0.05) is 6.92 Å². The first-order valence-electron chi connectivity index (χ1n) is 8.70. The van der Waals surface area contributed by atoms with Gasteiger partial charge in [0.1, 0.15) is 5.76 Å². The Morgan fingerprint density at radius 2 is 2.21 bits per heavy atom. The van der Waals surface area contributed by atoms with Crippen LogP contribution >= 0.6 is 0 Å². The molecule has 0 aromatic carbocycles. The number of hydrogen-bond donors (Lipinski definition) is 0. The molecule has 0 spiro atoms. The summed E-state index contributed by atoms with van der Waals surface area (Å²) in [4.78, 5) is 28.1. The van der Waals surface area contributed by atoms with Gasteiger partial charge in [0.05, 0.1) is 25.5 Å². The highest BCUT2D eigenvalue weighted by Gasteiger charge is 2.26. The van der Waals surface area contributed by atoms with E-state index in [1.165, 1.54) is 6.92 Å². The van der Waals surface area contributed by atoms with Crippen molar-refractivity contribution in [2.24, 2.45) is 0 Å². The molecule has 1 aromatic heterocycles. The maximum absolute atomic E-state index is 12.8. The van der Waals surface area contributed by atoms with Gasteiger partial charge >= 0.3 is 0 Å². The Balaban J connectivity index is 2.05. The Hall–Kier alpha value is -1.82. The maximum Gasteiger partial charge on any atom is 0.242 e. The zero-order valence-electron chi connectivity index (χ0n) is 14.9. The molecule has 2 amide bonds. The van der Waals surface area contributed by atoms with Crippen LogP contribution in [0.15, 0.2) is 22.8 Å². The molecule has 2 heterocycles. The van der Waals surface area contributed by atoms with Gasteiger partial charge in [0.25, 0.3) is 0 Å². The lowest BCUT2D eigenvalue weighted by molar-refractivity contribution is -0.142. The molecule has 1 fully saturated rings. The molecule has 0 N–H and O–H groups in total. The summed E-state index contributed by atoms with van der Waals surface area (Å²) >= 11 is 0. The van der Waals surface area contributed by atoms with Crippen molar-refractivity contribution in [2.75, 3.05) is 19.7 Å². The predicted octanol–water partition coefficient (Wildman–Crippen LogP) is 2.43. The number of nitrogens with zero attached hydrogens (tertiary/aromatic N) is 2. The summed E-state index contributed by atoms with van der Waals surface area (Å²) < 4.78 is 11.1. The number of carbonyl (C=O) groups excluding carboxylic acids is 2. The lowest BCUT2D eigenvalue weighted by Gasteiger charge is -2.31. The summed E-state index contributed by atoms with van der Waals surface area (Å²) in [6, 6.07) is 3.71. The van der Waals surface area contributed by atoms with E-state index in [0.717, 1.165) is 31.6 Å². The fourth-order valence-corrected chi connectivity index (χ4v) is 2.92. The molecule has 1 aliphatic heterocycles. The Bertz CT molecular complexity index is 523. The van der Waals surface area contributed by atoms with Gasteiger partial charge in [-0.25, -0.2) is 0 Å². The predicted molar refractivity (Wildman–Crippen MR) is 90.2 cm³/mol. The van der Waals surface area contributed by atoms with Crippen LogP contribution in [0.25, 0.3) is 0 Å². The second kappa shape index (κ2) is 8.87. The third-order valence-electron chi connectivity index (χ3n) is 4.56. The van der Waals surface area contributed by atoms with E-state index in [1.54, 1.807) is 16.1 Å². The summed E-state index contributed by atoms with van der Waals surface area (Å²) in [5, 5.41) is 0. The number of ether oxygens (including phenoxy) is 1. The lowest BCUT2D eigenvalue weighted by Crippen LogP contribution is -2.47. The minimum atomic E-state index is -0.0761. The van der Waals surface area contributed by atoms with Crippen molar-refractivity contribution in [3.63, 3.8) is 0 Å². The zero-order chi connectivity index (χ0) is 17.5. The molecule has 24 heavy (non-hydrogen) atoms. The summed E-state index contributed by atoms with van der Waals surface area (Å²) in [7, 11) is 0. The lowest BCUT2D eigenvalue weighted by atomic mass is 10.2. The van der Waals surface area contributed by atoms with Gasteiger partial charge in [-0.2, -0.15) is 0 Å². The largest absolute Gasteiger partial charge is 0.467 e. The maximum atomic E-state index is 12.8. The highest BCUT2D eigenvalue weighted by molar-refractivity contribution is 5.84. The minimum Gasteiger partial charge on any atom is -0.467 e. The van der Waals surface area contributed by atoms with Crippen LogP contribution < -0.4 is 0 Å². The second-order valence-corrected chi connectivity index (χ2v) is 6.39. The van der Waals surface area contributed by atoms with Gasteiger partial charge in [-0.3, -0.25) is 9.59 Å². The van der Waals surface area contributed by atoms with E-state index in [0.29, 0.717) is 13.1 Å². The SMILES string of the molecule is CC[C@H](C)N(CC(=O)N(Cc1ccco1)C[C@@H]1CCCO1)C(C)=O. The topological polar surface area (TPSA) is 63.0 Å². The first kappa shape index (κ1) is 18.5. The van der Waals surface area contributed by atoms with Gasteiger partial charge in [0.2, 0.25) is 11.8 Å². The molecule has 134 valence electrons. The monoisotopic (exact) mass is 336 g/mol. The Morgan fingerprint density at radius 1 is 1.42 bits per heavy atom. The smallest absolute Gasteiger partial charge is 0.242 e. The molecule has 2 atom stereocenters. The molecule has 1 aromatic rings. The third-order valence-corrected chi connectivity index (χ3v) is 4.56. The van der Waals surface area contributed by atoms with Crippen LogP contribution in [0.1, 0.15) is 45.8 Å². The number of hydrogen-bond acceptors (Lipinski definition) is 4. The van der Waals surface area contributed by atoms with Crippen molar-refractivity contribution >= 4 is 11.8 Å². The zero-order valence-corrected chi connectivity index (χ0v) is 14.9. The van der Waals surface area contributed by atoms with Gasteiger partial charge in [-0.15, -0.1) is 0 Å². The van der Waals surface area contributed by atoms with Gasteiger partial charge < -0.3 is 19.0 Å². The summed E-state index contributed by atoms with van der Waals surface area (Å²) in [5.41, 5.74) is 0. The van der Waals surface area contributed by atoms with Gasteiger partial charge in [0.15, 0.2) is 0 Å². The molecule has 0 bridgehead atoms. The molecule has 6 nitrogen and oxygen atoms in total. The van der Waals surface area contributed by atoms with E-state index < -0.39 is 0 Å². The standard InChI is InChI=1S/C18H28N2O4/c1-4-14(2)20(15(3)21)13-18(22)19(11-16-7-5-9-23-16)12-17-8-6-10-24-17/h5,7,9,14,17H,4,6,8,10-13H2,1-3H3/t14-,17-/m0/s1. The second-order valence-electron chi connectivity index (χ2n) is 6.39. The van der Waals surface area contributed by atoms with Crippen LogP contribution in [0.5, 0.6) is 0 Å². The van der Waals surface area contributed by atoms with E-state index >= 15 is 0 Å². The Morgan fingerprint density at radius 3 is 2.75 bits per heavy atom. The van der Waals surface area contributed by atoms with Crippen LogP contribution in [-0.2, 0) is 20.9 Å². The van der Waals surface area contributed by atoms with Crippen molar-refractivity contribution in [1.82, 2.24) is 9.80 Å². The van der Waals surface area contributed by atoms with Crippen molar-refractivity contribution in [3.8, 4) is 0 Å². The molecule has 6 heteroatoms. The fraction of sp³-hybridized carbons (Fsp3) is 0.667. The van der Waals surface area contributed by atoms with Gasteiger partial charge in [-0.05, 0) is 38.3 Å². The van der Waals surface area contributed by atoms with Crippen molar-refractivity contribution in [3.05, 3.63) is 24.2 Å². The molecule has 1 aliphatic rings. The van der Waals surface area contributed by atoms with Crippen molar-refractivity contribution in [2.45, 2.75) is 58.7 Å². The summed E-state index contributed by atoms with van der Waals surface area (Å²) in [6.07, 6.45) is 4.48. The van der Waals surface area contributed by atoms with E-state index in [1.807, 2.05) is 26.0 Å². The highest BCUT2D eigenvalue weighted by atomic mass is 16.5. The third kappa shape index (κ3) is 5.09. The minimum absolute atomic E-state index is 0.0413. The van der Waals surface area contributed by atoms with Crippen molar-refractivity contribution in [1.29, 1.82) is 0 Å². The van der Waals surface area contributed by atoms with Crippen LogP contribution in [0, 0.1) is 0 Å². The quantitative estimate of drug-likeness (QED) is 0.731. The van der Waals surface area contributed by atoms with E-state index in [9.17, 15) is 9.59 Å². The molecule has 0 saturated carbocycles. The van der Waals surface area contributed by atoms with E-state index in [2.05, 4.69) is 0 Å². The van der Waals surface area contributed by atoms with Crippen LogP contribution in [-0.4, -0.2) is 53.5 Å². The Labute approximate surface area is 143 Å². The van der Waals surface area contributed by atoms with Crippen LogP contribution in [0.3, 0.4) is 0 Å². The average Bonchev–Trinajstić information content (AvgIpc) is 3.24. The number of carbonyl (C=O) groups is 2. The molecule has 0 unspecified atom stereocenters.